The first-order valence-corrected chi connectivity index (χ1v) is 8.67. The van der Waals surface area contributed by atoms with Gasteiger partial charge in [-0.3, -0.25) is 0 Å². The van der Waals surface area contributed by atoms with Crippen LogP contribution in [0.1, 0.15) is 11.1 Å². The second kappa shape index (κ2) is 5.12. The Labute approximate surface area is 92.3 Å². The van der Waals surface area contributed by atoms with E-state index in [0.29, 0.717) is 12.1 Å². The quantitative estimate of drug-likeness (QED) is 0.715. The third-order valence-corrected chi connectivity index (χ3v) is 5.15. The van der Waals surface area contributed by atoms with E-state index in [4.69, 9.17) is 4.74 Å². The van der Waals surface area contributed by atoms with E-state index in [1.54, 1.807) is 0 Å². The lowest BCUT2D eigenvalue weighted by Gasteiger charge is -2.28. The Morgan fingerprint density at radius 2 is 1.87 bits per heavy atom. The van der Waals surface area contributed by atoms with Crippen molar-refractivity contribution in [1.29, 1.82) is 0 Å². The minimum absolute atomic E-state index is 0.347. The maximum Gasteiger partial charge on any atom is 0.417 e. The first-order chi connectivity index (χ1) is 7.05. The summed E-state index contributed by atoms with van der Waals surface area (Å²) in [5.41, 5.74) is 1.60. The average molecular weight is 221 g/mol. The average Bonchev–Trinajstić information content (AvgIpc) is 2.18. The molecule has 1 aromatic carbocycles. The second-order valence-corrected chi connectivity index (χ2v) is 10.2. The highest BCUT2D eigenvalue weighted by molar-refractivity contribution is 6.77. The van der Waals surface area contributed by atoms with Crippen molar-refractivity contribution in [1.82, 2.24) is 0 Å². The van der Waals surface area contributed by atoms with Crippen LogP contribution in [0.25, 0.3) is 0 Å². The van der Waals surface area contributed by atoms with Crippen LogP contribution >= 0.6 is 0 Å². The second-order valence-electron chi connectivity index (χ2n) is 4.72. The highest BCUT2D eigenvalue weighted by Crippen LogP contribution is 2.26. The molecular weight excluding hydrogens is 204 g/mol. The molecule has 0 saturated heterocycles. The molecule has 15 heavy (non-hydrogen) atoms. The molecule has 0 aliphatic carbocycles. The maximum absolute atomic E-state index is 10.1. The number of benzene rings is 1. The number of carbonyl (C=O) groups excluding carboxylic acids is 1. The predicted octanol–water partition coefficient (Wildman–Crippen LogP) is 2.73. The zero-order chi connectivity index (χ0) is 11.3. The third-order valence-electron chi connectivity index (χ3n) is 2.56. The molecule has 3 heteroatoms. The van der Waals surface area contributed by atoms with Crippen LogP contribution in [-0.4, -0.2) is 21.2 Å². The summed E-state index contributed by atoms with van der Waals surface area (Å²) in [5.74, 6) is 0. The van der Waals surface area contributed by atoms with Crippen molar-refractivity contribution in [3.63, 3.8) is 0 Å². The smallest absolute Gasteiger partial charge is 0.417 e. The van der Waals surface area contributed by atoms with Crippen LogP contribution in [0.15, 0.2) is 30.3 Å². The molecule has 0 bridgehead atoms. The number of ether oxygens (including phenoxy) is 1. The van der Waals surface area contributed by atoms with Crippen LogP contribution in [-0.2, 0) is 9.53 Å². The van der Waals surface area contributed by atoms with Crippen LogP contribution in [0.5, 0.6) is 0 Å². The fraction of sp³-hybridized carbons (Fsp3) is 0.417. The molecule has 0 aromatic heterocycles. The molecule has 0 aliphatic rings. The highest BCUT2D eigenvalue weighted by atomic mass is 28.3. The van der Waals surface area contributed by atoms with E-state index >= 15 is 0 Å². The molecule has 1 aromatic rings. The van der Waals surface area contributed by atoms with E-state index in [-0.39, 0.29) is 0 Å². The first kappa shape index (κ1) is 12.0. The lowest BCUT2D eigenvalue weighted by Crippen LogP contribution is -2.34. The molecular formula is C12H17O2Si. The molecule has 81 valence electrons. The Hall–Kier alpha value is -1.09. The molecule has 2 nitrogen and oxygen atoms in total. The van der Waals surface area contributed by atoms with Crippen LogP contribution in [0.3, 0.4) is 0 Å². The summed E-state index contributed by atoms with van der Waals surface area (Å²) in [6.07, 6.45) is 0. The van der Waals surface area contributed by atoms with Crippen molar-refractivity contribution in [2.75, 3.05) is 6.61 Å². The van der Waals surface area contributed by atoms with Crippen molar-refractivity contribution in [3.8, 4) is 0 Å². The number of hydrogen-bond donors (Lipinski definition) is 0. The van der Waals surface area contributed by atoms with Gasteiger partial charge >= 0.3 is 6.47 Å². The van der Waals surface area contributed by atoms with Gasteiger partial charge in [0.1, 0.15) is 0 Å². The summed E-state index contributed by atoms with van der Waals surface area (Å²) in [5, 5.41) is 0. The molecule has 1 atom stereocenters. The molecule has 1 radical (unpaired) electrons. The Kier molecular flexibility index (Phi) is 4.09. The minimum Gasteiger partial charge on any atom is -0.457 e. The van der Waals surface area contributed by atoms with Gasteiger partial charge in [-0.2, -0.15) is 0 Å². The van der Waals surface area contributed by atoms with Gasteiger partial charge in [0.25, 0.3) is 0 Å². The molecule has 1 unspecified atom stereocenters. The first-order valence-electron chi connectivity index (χ1n) is 5.09. The topological polar surface area (TPSA) is 26.3 Å². The summed E-state index contributed by atoms with van der Waals surface area (Å²) in [6.45, 7) is 8.79. The zero-order valence-electron chi connectivity index (χ0n) is 9.49. The minimum atomic E-state index is -1.37. The van der Waals surface area contributed by atoms with Gasteiger partial charge in [0.2, 0.25) is 0 Å². The van der Waals surface area contributed by atoms with Gasteiger partial charge in [-0.05, 0) is 5.56 Å². The predicted molar refractivity (Wildman–Crippen MR) is 64.2 cm³/mol. The number of rotatable bonds is 5. The van der Waals surface area contributed by atoms with E-state index < -0.39 is 8.07 Å². The maximum atomic E-state index is 10.1. The molecule has 0 fully saturated rings. The standard InChI is InChI=1S/C12H17O2Si/c1-15(2,3)12(9-14-10-13)11-7-5-4-6-8-11/h4-8,12H,9H2,1-3H3. The Balaban J connectivity index is 2.86. The van der Waals surface area contributed by atoms with Crippen LogP contribution in [0, 0.1) is 0 Å². The van der Waals surface area contributed by atoms with Crippen molar-refractivity contribution in [3.05, 3.63) is 35.9 Å². The molecule has 0 N–H and O–H groups in total. The summed E-state index contributed by atoms with van der Waals surface area (Å²) < 4.78 is 4.81. The van der Waals surface area contributed by atoms with Gasteiger partial charge in [0, 0.05) is 5.54 Å². The van der Waals surface area contributed by atoms with E-state index in [0.717, 1.165) is 0 Å². The van der Waals surface area contributed by atoms with E-state index in [9.17, 15) is 4.79 Å². The van der Waals surface area contributed by atoms with Crippen molar-refractivity contribution in [2.24, 2.45) is 0 Å². The highest BCUT2D eigenvalue weighted by Gasteiger charge is 2.28. The van der Waals surface area contributed by atoms with Gasteiger partial charge in [-0.1, -0.05) is 50.0 Å². The fourth-order valence-corrected chi connectivity index (χ4v) is 3.42. The van der Waals surface area contributed by atoms with Crippen molar-refractivity contribution < 1.29 is 9.53 Å². The van der Waals surface area contributed by atoms with Gasteiger partial charge < -0.3 is 4.74 Å². The third kappa shape index (κ3) is 3.51. The zero-order valence-corrected chi connectivity index (χ0v) is 10.5. The SMILES string of the molecule is C[Si](C)(C)C(CO[C]=O)c1ccccc1. The Bertz CT molecular complexity index is 303. The molecule has 0 amide bonds. The van der Waals surface area contributed by atoms with Crippen molar-refractivity contribution >= 4 is 14.5 Å². The van der Waals surface area contributed by atoms with Gasteiger partial charge in [0.15, 0.2) is 0 Å². The van der Waals surface area contributed by atoms with Crippen LogP contribution in [0.4, 0.5) is 0 Å². The monoisotopic (exact) mass is 221 g/mol. The normalized spacial score (nSPS) is 13.3. The molecule has 0 spiro atoms. The summed E-state index contributed by atoms with van der Waals surface area (Å²) in [7, 11) is -1.37. The van der Waals surface area contributed by atoms with E-state index in [1.165, 1.54) is 12.0 Å². The summed E-state index contributed by atoms with van der Waals surface area (Å²) >= 11 is 0. The molecule has 1 rings (SSSR count). The van der Waals surface area contributed by atoms with Gasteiger partial charge in [0.05, 0.1) is 14.7 Å². The summed E-state index contributed by atoms with van der Waals surface area (Å²) in [6, 6.07) is 10.2. The Morgan fingerprint density at radius 1 is 1.27 bits per heavy atom. The van der Waals surface area contributed by atoms with Gasteiger partial charge in [-0.15, -0.1) is 0 Å². The van der Waals surface area contributed by atoms with Crippen LogP contribution in [0.2, 0.25) is 19.6 Å². The largest absolute Gasteiger partial charge is 0.457 e. The molecule has 0 aliphatic heterocycles. The van der Waals surface area contributed by atoms with E-state index in [2.05, 4.69) is 31.8 Å². The lowest BCUT2D eigenvalue weighted by atomic mass is 10.1. The van der Waals surface area contributed by atoms with E-state index in [1.807, 2.05) is 18.2 Å². The lowest BCUT2D eigenvalue weighted by molar-refractivity contribution is 0.274. The van der Waals surface area contributed by atoms with Crippen molar-refractivity contribution in [2.45, 2.75) is 25.2 Å². The molecule has 0 heterocycles. The van der Waals surface area contributed by atoms with Gasteiger partial charge in [-0.25, -0.2) is 4.79 Å². The molecule has 0 saturated carbocycles. The Morgan fingerprint density at radius 3 is 2.33 bits per heavy atom. The summed E-state index contributed by atoms with van der Waals surface area (Å²) in [4.78, 5) is 10.1. The number of hydrogen-bond acceptors (Lipinski definition) is 2. The van der Waals surface area contributed by atoms with Crippen LogP contribution < -0.4 is 0 Å². The fourth-order valence-electron chi connectivity index (χ4n) is 1.65.